The number of ether oxygens (including phenoxy) is 2. The predicted octanol–water partition coefficient (Wildman–Crippen LogP) is 4.59. The summed E-state index contributed by atoms with van der Waals surface area (Å²) in [5.41, 5.74) is 1.91. The van der Waals surface area contributed by atoms with Gasteiger partial charge in [0.1, 0.15) is 11.5 Å². The molecule has 1 aromatic heterocycles. The van der Waals surface area contributed by atoms with Gasteiger partial charge in [0.15, 0.2) is 0 Å². The van der Waals surface area contributed by atoms with Crippen LogP contribution in [-0.2, 0) is 0 Å². The minimum absolute atomic E-state index is 0.0457. The number of alkyl halides is 2. The third kappa shape index (κ3) is 4.35. The smallest absolute Gasteiger partial charge is 0.387 e. The molecule has 3 rings (SSSR count). The average molecular weight is 394 g/mol. The number of nitrogens with zero attached hydrogens (tertiary/aromatic N) is 1. The fourth-order valence-electron chi connectivity index (χ4n) is 2.40. The van der Waals surface area contributed by atoms with Crippen LogP contribution in [-0.4, -0.2) is 29.8 Å². The van der Waals surface area contributed by atoms with Crippen LogP contribution in [0.5, 0.6) is 11.5 Å². The van der Waals surface area contributed by atoms with E-state index in [0.717, 1.165) is 5.56 Å². The third-order valence-corrected chi connectivity index (χ3v) is 3.96. The number of carbonyl (C=O) groups is 1. The highest BCUT2D eigenvalue weighted by atomic mass is 35.5. The molecule has 6 nitrogen and oxygen atoms in total. The van der Waals surface area contributed by atoms with E-state index in [4.69, 9.17) is 16.3 Å². The van der Waals surface area contributed by atoms with E-state index >= 15 is 0 Å². The van der Waals surface area contributed by atoms with E-state index in [-0.39, 0.29) is 10.8 Å². The molecule has 0 radical (unpaired) electrons. The monoisotopic (exact) mass is 393 g/mol. The van der Waals surface area contributed by atoms with Crippen molar-refractivity contribution >= 4 is 23.2 Å². The van der Waals surface area contributed by atoms with Gasteiger partial charge in [-0.05, 0) is 42.5 Å². The van der Waals surface area contributed by atoms with Gasteiger partial charge < -0.3 is 14.8 Å². The van der Waals surface area contributed by atoms with E-state index in [1.54, 1.807) is 31.4 Å². The molecule has 0 aliphatic rings. The standard InChI is InChI=1S/C18H14ClF2N3O3/c1-26-12-5-2-10(3-6-12)16-13(9-22-24-16)17(25)23-11-4-7-15(14(19)8-11)27-18(20)21/h2-9,18H,1H3,(H,22,24)(H,23,25). The van der Waals surface area contributed by atoms with Crippen LogP contribution in [0, 0.1) is 0 Å². The quantitative estimate of drug-likeness (QED) is 0.642. The molecule has 1 amide bonds. The van der Waals surface area contributed by atoms with Crippen molar-refractivity contribution in [2.24, 2.45) is 0 Å². The van der Waals surface area contributed by atoms with E-state index < -0.39 is 12.5 Å². The normalized spacial score (nSPS) is 10.7. The Morgan fingerprint density at radius 1 is 1.22 bits per heavy atom. The zero-order valence-corrected chi connectivity index (χ0v) is 14.8. The highest BCUT2D eigenvalue weighted by Gasteiger charge is 2.16. The summed E-state index contributed by atoms with van der Waals surface area (Å²) in [6.07, 6.45) is 1.39. The minimum atomic E-state index is -2.99. The Balaban J connectivity index is 1.79. The maximum atomic E-state index is 12.6. The Hall–Kier alpha value is -3.13. The molecule has 2 N–H and O–H groups in total. The summed E-state index contributed by atoms with van der Waals surface area (Å²) >= 11 is 5.90. The lowest BCUT2D eigenvalue weighted by Gasteiger charge is -2.10. The Morgan fingerprint density at radius 3 is 2.59 bits per heavy atom. The van der Waals surface area contributed by atoms with Crippen molar-refractivity contribution in [3.05, 3.63) is 59.2 Å². The first kappa shape index (κ1) is 18.7. The van der Waals surface area contributed by atoms with Crippen molar-refractivity contribution < 1.29 is 23.0 Å². The van der Waals surface area contributed by atoms with Crippen molar-refractivity contribution in [2.45, 2.75) is 6.61 Å². The molecule has 0 saturated carbocycles. The van der Waals surface area contributed by atoms with Crippen molar-refractivity contribution in [2.75, 3.05) is 12.4 Å². The number of hydrogen-bond acceptors (Lipinski definition) is 4. The molecule has 0 spiro atoms. The number of amides is 1. The van der Waals surface area contributed by atoms with E-state index in [0.29, 0.717) is 22.7 Å². The molecule has 0 aliphatic carbocycles. The lowest BCUT2D eigenvalue weighted by atomic mass is 10.1. The van der Waals surface area contributed by atoms with Gasteiger partial charge in [0.25, 0.3) is 5.91 Å². The number of methoxy groups -OCH3 is 1. The summed E-state index contributed by atoms with van der Waals surface area (Å²) in [5.74, 6) is 0.0741. The lowest BCUT2D eigenvalue weighted by Crippen LogP contribution is -2.12. The number of carbonyl (C=O) groups excluding carboxylic acids is 1. The second kappa shape index (κ2) is 8.05. The number of hydrogen-bond donors (Lipinski definition) is 2. The molecule has 1 heterocycles. The molecular weight excluding hydrogens is 380 g/mol. The molecule has 27 heavy (non-hydrogen) atoms. The molecule has 0 unspecified atom stereocenters. The molecule has 0 atom stereocenters. The maximum absolute atomic E-state index is 12.6. The SMILES string of the molecule is COc1ccc(-c2[nH]ncc2C(=O)Nc2ccc(OC(F)F)c(Cl)c2)cc1. The number of anilines is 1. The lowest BCUT2D eigenvalue weighted by molar-refractivity contribution is -0.0497. The number of benzene rings is 2. The molecule has 140 valence electrons. The molecule has 3 aromatic rings. The van der Waals surface area contributed by atoms with Crippen LogP contribution in [0.1, 0.15) is 10.4 Å². The second-order valence-corrected chi connectivity index (χ2v) is 5.77. The molecule has 0 fully saturated rings. The number of aromatic amines is 1. The predicted molar refractivity (Wildman–Crippen MR) is 96.6 cm³/mol. The first-order valence-corrected chi connectivity index (χ1v) is 8.09. The van der Waals surface area contributed by atoms with Gasteiger partial charge in [-0.2, -0.15) is 13.9 Å². The molecule has 0 saturated heterocycles. The summed E-state index contributed by atoms with van der Waals surface area (Å²) in [6.45, 7) is -2.99. The highest BCUT2D eigenvalue weighted by Crippen LogP contribution is 2.30. The molecule has 9 heteroatoms. The van der Waals surface area contributed by atoms with E-state index in [1.165, 1.54) is 24.4 Å². The fraction of sp³-hybridized carbons (Fsp3) is 0.111. The van der Waals surface area contributed by atoms with Gasteiger partial charge in [-0.1, -0.05) is 11.6 Å². The zero-order valence-electron chi connectivity index (χ0n) is 14.0. The van der Waals surface area contributed by atoms with Gasteiger partial charge in [0.05, 0.1) is 29.6 Å². The number of nitrogens with one attached hydrogen (secondary N) is 2. The fourth-order valence-corrected chi connectivity index (χ4v) is 2.63. The van der Waals surface area contributed by atoms with Gasteiger partial charge in [-0.25, -0.2) is 0 Å². The Labute approximate surface area is 158 Å². The summed E-state index contributed by atoms with van der Waals surface area (Å²) in [6, 6.07) is 11.1. The van der Waals surface area contributed by atoms with Crippen LogP contribution < -0.4 is 14.8 Å². The van der Waals surface area contributed by atoms with Crippen LogP contribution >= 0.6 is 11.6 Å². The van der Waals surface area contributed by atoms with Crippen LogP contribution in [0.4, 0.5) is 14.5 Å². The Morgan fingerprint density at radius 2 is 1.96 bits per heavy atom. The first-order valence-electron chi connectivity index (χ1n) is 7.71. The maximum Gasteiger partial charge on any atom is 0.387 e. The van der Waals surface area contributed by atoms with Crippen LogP contribution in [0.25, 0.3) is 11.3 Å². The van der Waals surface area contributed by atoms with E-state index in [9.17, 15) is 13.6 Å². The van der Waals surface area contributed by atoms with Crippen LogP contribution in [0.2, 0.25) is 5.02 Å². The van der Waals surface area contributed by atoms with Gasteiger partial charge in [0.2, 0.25) is 0 Å². The van der Waals surface area contributed by atoms with Crippen molar-refractivity contribution in [3.63, 3.8) is 0 Å². The van der Waals surface area contributed by atoms with E-state index in [2.05, 4.69) is 20.3 Å². The molecular formula is C18H14ClF2N3O3. The van der Waals surface area contributed by atoms with Crippen LogP contribution in [0.3, 0.4) is 0 Å². The van der Waals surface area contributed by atoms with Gasteiger partial charge in [-0.3, -0.25) is 9.89 Å². The number of halogens is 3. The second-order valence-electron chi connectivity index (χ2n) is 5.37. The topological polar surface area (TPSA) is 76.2 Å². The highest BCUT2D eigenvalue weighted by molar-refractivity contribution is 6.32. The third-order valence-electron chi connectivity index (χ3n) is 3.67. The van der Waals surface area contributed by atoms with Gasteiger partial charge >= 0.3 is 6.61 Å². The summed E-state index contributed by atoms with van der Waals surface area (Å²) < 4.78 is 33.9. The molecule has 0 bridgehead atoms. The minimum Gasteiger partial charge on any atom is -0.497 e. The van der Waals surface area contributed by atoms with Crippen molar-refractivity contribution in [3.8, 4) is 22.8 Å². The number of rotatable bonds is 6. The molecule has 2 aromatic carbocycles. The number of H-pyrrole nitrogens is 1. The first-order chi connectivity index (χ1) is 13.0. The van der Waals surface area contributed by atoms with Gasteiger partial charge in [0, 0.05) is 11.3 Å². The number of aromatic nitrogens is 2. The van der Waals surface area contributed by atoms with Crippen molar-refractivity contribution in [1.82, 2.24) is 10.2 Å². The van der Waals surface area contributed by atoms with Crippen LogP contribution in [0.15, 0.2) is 48.7 Å². The van der Waals surface area contributed by atoms with Crippen molar-refractivity contribution in [1.29, 1.82) is 0 Å². The van der Waals surface area contributed by atoms with E-state index in [1.807, 2.05) is 0 Å². The largest absolute Gasteiger partial charge is 0.497 e. The van der Waals surface area contributed by atoms with Gasteiger partial charge in [-0.15, -0.1) is 0 Å². The zero-order chi connectivity index (χ0) is 19.4. The summed E-state index contributed by atoms with van der Waals surface area (Å²) in [7, 11) is 1.56. The Kier molecular flexibility index (Phi) is 5.56. The molecule has 0 aliphatic heterocycles. The summed E-state index contributed by atoms with van der Waals surface area (Å²) in [4.78, 5) is 12.6. The average Bonchev–Trinajstić information content (AvgIpc) is 3.14. The Bertz CT molecular complexity index is 945. The summed E-state index contributed by atoms with van der Waals surface area (Å²) in [5, 5.41) is 9.31.